The molecule has 0 radical (unpaired) electrons. The zero-order valence-corrected chi connectivity index (χ0v) is 16.7. The van der Waals surface area contributed by atoms with Gasteiger partial charge in [0, 0.05) is 19.0 Å². The summed E-state index contributed by atoms with van der Waals surface area (Å²) in [6.45, 7) is 4.44. The molecule has 1 N–H and O–H groups in total. The van der Waals surface area contributed by atoms with Crippen molar-refractivity contribution in [1.82, 2.24) is 10.2 Å². The first-order chi connectivity index (χ1) is 13.5. The first-order valence-corrected chi connectivity index (χ1v) is 9.69. The lowest BCUT2D eigenvalue weighted by atomic mass is 10.1. The van der Waals surface area contributed by atoms with Gasteiger partial charge in [-0.1, -0.05) is 12.5 Å². The Bertz CT molecular complexity index is 814. The summed E-state index contributed by atoms with van der Waals surface area (Å²) in [6, 6.07) is 5.39. The molecule has 2 amide bonds. The van der Waals surface area contributed by atoms with Crippen molar-refractivity contribution in [3.63, 3.8) is 0 Å². The molecule has 0 bridgehead atoms. The molecule has 1 aromatic rings. The third-order valence-corrected chi connectivity index (χ3v) is 4.61. The summed E-state index contributed by atoms with van der Waals surface area (Å²) >= 11 is 0. The van der Waals surface area contributed by atoms with E-state index in [0.29, 0.717) is 17.2 Å². The molecule has 0 aromatic heterocycles. The Labute approximate surface area is 165 Å². The molecule has 0 saturated carbocycles. The van der Waals surface area contributed by atoms with Crippen LogP contribution in [0.3, 0.4) is 0 Å². The smallest absolute Gasteiger partial charge is 0.277 e. The third kappa shape index (κ3) is 4.71. The summed E-state index contributed by atoms with van der Waals surface area (Å²) in [5.41, 5.74) is 1.24. The minimum Gasteiger partial charge on any atom is -0.493 e. The maximum atomic E-state index is 12.6. The second-order valence-corrected chi connectivity index (χ2v) is 7.25. The molecule has 0 spiro atoms. The molecular formula is C21H27N3O4. The molecule has 0 aliphatic carbocycles. The van der Waals surface area contributed by atoms with Crippen molar-refractivity contribution < 1.29 is 19.1 Å². The lowest BCUT2D eigenvalue weighted by Crippen LogP contribution is -2.34. The fraction of sp³-hybridized carbons (Fsp3) is 0.476. The monoisotopic (exact) mass is 385 g/mol. The Balaban J connectivity index is 1.74. The zero-order valence-electron chi connectivity index (χ0n) is 16.7. The highest BCUT2D eigenvalue weighted by molar-refractivity contribution is 6.14. The van der Waals surface area contributed by atoms with Crippen molar-refractivity contribution in [1.29, 1.82) is 0 Å². The molecule has 1 fully saturated rings. The summed E-state index contributed by atoms with van der Waals surface area (Å²) < 4.78 is 11.0. The Morgan fingerprint density at radius 3 is 2.86 bits per heavy atom. The van der Waals surface area contributed by atoms with Crippen molar-refractivity contribution in [3.05, 3.63) is 29.5 Å². The Morgan fingerprint density at radius 1 is 1.29 bits per heavy atom. The van der Waals surface area contributed by atoms with Crippen molar-refractivity contribution in [2.24, 2.45) is 4.99 Å². The second-order valence-electron chi connectivity index (χ2n) is 7.25. The number of methoxy groups -OCH3 is 1. The number of amides is 2. The molecule has 2 aliphatic rings. The fourth-order valence-corrected chi connectivity index (χ4v) is 3.31. The molecule has 1 aromatic carbocycles. The number of benzene rings is 1. The quantitative estimate of drug-likeness (QED) is 0.764. The largest absolute Gasteiger partial charge is 0.493 e. The minimum absolute atomic E-state index is 0.0402. The lowest BCUT2D eigenvalue weighted by molar-refractivity contribution is -0.124. The second kappa shape index (κ2) is 8.91. The van der Waals surface area contributed by atoms with Gasteiger partial charge >= 0.3 is 0 Å². The number of fused-ring (bicyclic) bond motifs is 1. The summed E-state index contributed by atoms with van der Waals surface area (Å²) in [5.74, 6) is 1.61. The zero-order chi connectivity index (χ0) is 20.1. The number of ether oxygens (including phenoxy) is 2. The van der Waals surface area contributed by atoms with Gasteiger partial charge in [-0.2, -0.15) is 0 Å². The fourth-order valence-electron chi connectivity index (χ4n) is 3.31. The van der Waals surface area contributed by atoms with Gasteiger partial charge in [0.2, 0.25) is 0 Å². The molecule has 150 valence electrons. The molecule has 2 aliphatic heterocycles. The highest BCUT2D eigenvalue weighted by Gasteiger charge is 2.30. The van der Waals surface area contributed by atoms with Gasteiger partial charge in [0.05, 0.1) is 7.11 Å². The van der Waals surface area contributed by atoms with Crippen LogP contribution in [0.4, 0.5) is 0 Å². The highest BCUT2D eigenvalue weighted by Crippen LogP contribution is 2.30. The SMILES string of the molecule is COc1cc(/C=C2\N=C3CCCCCN3C2=O)ccc1OCC(=O)NC(C)C. The molecule has 0 atom stereocenters. The average molecular weight is 385 g/mol. The van der Waals surface area contributed by atoms with Gasteiger partial charge < -0.3 is 14.8 Å². The van der Waals surface area contributed by atoms with E-state index in [1.807, 2.05) is 19.9 Å². The van der Waals surface area contributed by atoms with Crippen LogP contribution in [0.5, 0.6) is 11.5 Å². The van der Waals surface area contributed by atoms with E-state index in [1.165, 1.54) is 7.11 Å². The predicted octanol–water partition coefficient (Wildman–Crippen LogP) is 2.75. The predicted molar refractivity (Wildman–Crippen MR) is 107 cm³/mol. The van der Waals surface area contributed by atoms with Gasteiger partial charge in [-0.25, -0.2) is 4.99 Å². The van der Waals surface area contributed by atoms with Gasteiger partial charge in [0.25, 0.3) is 11.8 Å². The van der Waals surface area contributed by atoms with E-state index in [1.54, 1.807) is 23.1 Å². The van der Waals surface area contributed by atoms with E-state index < -0.39 is 0 Å². The number of amidine groups is 1. The van der Waals surface area contributed by atoms with Crippen molar-refractivity contribution in [2.45, 2.75) is 45.6 Å². The first-order valence-electron chi connectivity index (χ1n) is 9.69. The maximum Gasteiger partial charge on any atom is 0.277 e. The molecular weight excluding hydrogens is 358 g/mol. The van der Waals surface area contributed by atoms with E-state index >= 15 is 0 Å². The number of nitrogens with one attached hydrogen (secondary N) is 1. The van der Waals surface area contributed by atoms with Crippen LogP contribution in [0.1, 0.15) is 45.1 Å². The summed E-state index contributed by atoms with van der Waals surface area (Å²) in [5, 5.41) is 2.77. The maximum absolute atomic E-state index is 12.6. The Hall–Kier alpha value is -2.83. The number of rotatable bonds is 6. The van der Waals surface area contributed by atoms with Crippen LogP contribution in [0, 0.1) is 0 Å². The molecule has 0 unspecified atom stereocenters. The van der Waals surface area contributed by atoms with Crippen LogP contribution < -0.4 is 14.8 Å². The molecule has 7 heteroatoms. The van der Waals surface area contributed by atoms with Crippen LogP contribution in [-0.4, -0.2) is 48.9 Å². The van der Waals surface area contributed by atoms with Crippen molar-refractivity contribution in [2.75, 3.05) is 20.3 Å². The average Bonchev–Trinajstić information content (AvgIpc) is 2.83. The van der Waals surface area contributed by atoms with Crippen LogP contribution in [0.2, 0.25) is 0 Å². The summed E-state index contributed by atoms with van der Waals surface area (Å²) in [4.78, 5) is 30.7. The molecule has 1 saturated heterocycles. The van der Waals surface area contributed by atoms with Crippen LogP contribution in [0.15, 0.2) is 28.9 Å². The molecule has 3 rings (SSSR count). The van der Waals surface area contributed by atoms with Gasteiger partial charge in [0.1, 0.15) is 11.5 Å². The van der Waals surface area contributed by atoms with E-state index in [2.05, 4.69) is 10.3 Å². The van der Waals surface area contributed by atoms with E-state index in [4.69, 9.17) is 9.47 Å². The molecule has 28 heavy (non-hydrogen) atoms. The van der Waals surface area contributed by atoms with E-state index in [-0.39, 0.29) is 24.5 Å². The van der Waals surface area contributed by atoms with Crippen molar-refractivity contribution >= 4 is 23.7 Å². The number of carbonyl (C=O) groups excluding carboxylic acids is 2. The van der Waals surface area contributed by atoms with Crippen LogP contribution in [-0.2, 0) is 9.59 Å². The number of nitrogens with zero attached hydrogens (tertiary/aromatic N) is 2. The summed E-state index contributed by atoms with van der Waals surface area (Å²) in [6.07, 6.45) is 5.83. The first kappa shape index (κ1) is 19.9. The van der Waals surface area contributed by atoms with Gasteiger partial charge in [-0.05, 0) is 50.5 Å². The highest BCUT2D eigenvalue weighted by atomic mass is 16.5. The lowest BCUT2D eigenvalue weighted by Gasteiger charge is -2.14. The van der Waals surface area contributed by atoms with Crippen LogP contribution in [0.25, 0.3) is 6.08 Å². The van der Waals surface area contributed by atoms with Crippen molar-refractivity contribution in [3.8, 4) is 11.5 Å². The van der Waals surface area contributed by atoms with E-state index in [0.717, 1.165) is 43.6 Å². The molecule has 2 heterocycles. The normalized spacial score (nSPS) is 18.0. The number of carbonyl (C=O) groups is 2. The van der Waals surface area contributed by atoms with Gasteiger partial charge in [0.15, 0.2) is 18.1 Å². The van der Waals surface area contributed by atoms with Gasteiger partial charge in [-0.15, -0.1) is 0 Å². The third-order valence-electron chi connectivity index (χ3n) is 4.61. The topological polar surface area (TPSA) is 80.2 Å². The number of hydrogen-bond donors (Lipinski definition) is 1. The molecule has 7 nitrogen and oxygen atoms in total. The summed E-state index contributed by atoms with van der Waals surface area (Å²) in [7, 11) is 1.54. The number of aliphatic imine (C=N–C) groups is 1. The number of hydrogen-bond acceptors (Lipinski definition) is 5. The Kier molecular flexibility index (Phi) is 6.34. The van der Waals surface area contributed by atoms with E-state index in [9.17, 15) is 9.59 Å². The van der Waals surface area contributed by atoms with Gasteiger partial charge in [-0.3, -0.25) is 14.5 Å². The standard InChI is InChI=1S/C21H27N3O4/c1-14(2)22-20(25)13-28-17-9-8-15(12-18(17)27-3)11-16-21(26)24-10-6-4-5-7-19(24)23-16/h8-9,11-12,14H,4-7,10,13H2,1-3H3,(H,22,25)/b16-11-. The van der Waals surface area contributed by atoms with Crippen LogP contribution >= 0.6 is 0 Å². The Morgan fingerprint density at radius 2 is 2.11 bits per heavy atom. The minimum atomic E-state index is -0.191.